The van der Waals surface area contributed by atoms with Crippen LogP contribution in [0.1, 0.15) is 34.6 Å². The highest BCUT2D eigenvalue weighted by Crippen LogP contribution is 2.56. The van der Waals surface area contributed by atoms with Gasteiger partial charge in [-0.25, -0.2) is 0 Å². The number of imidazole rings is 1. The van der Waals surface area contributed by atoms with Crippen molar-refractivity contribution in [3.63, 3.8) is 0 Å². The number of halogens is 1. The zero-order valence-electron chi connectivity index (χ0n) is 15.5. The van der Waals surface area contributed by atoms with Crippen molar-refractivity contribution < 1.29 is 12.4 Å². The lowest BCUT2D eigenvalue weighted by molar-refractivity contribution is -0.00000551. The lowest BCUT2D eigenvalue weighted by Gasteiger charge is -2.36. The summed E-state index contributed by atoms with van der Waals surface area (Å²) in [6, 6.07) is 8.35. The summed E-state index contributed by atoms with van der Waals surface area (Å²) in [5.41, 5.74) is 10.4. The van der Waals surface area contributed by atoms with Crippen LogP contribution in [-0.2, 0) is 6.54 Å². The second-order valence-electron chi connectivity index (χ2n) is 5.57. The maximum atomic E-state index is 7.17. The molecule has 0 unspecified atom stereocenters. The third-order valence-corrected chi connectivity index (χ3v) is 8.35. The molecule has 0 atom stereocenters. The Balaban J connectivity index is 0.00000288. The molecule has 0 aliphatic rings. The minimum absolute atomic E-state index is 0. The summed E-state index contributed by atoms with van der Waals surface area (Å²) in [6.07, 6.45) is 0. The molecular weight excluding hydrogens is 341 g/mol. The van der Waals surface area contributed by atoms with Gasteiger partial charge in [0, 0.05) is 32.7 Å². The molecule has 24 heavy (non-hydrogen) atoms. The normalized spacial score (nSPS) is 12.2. The van der Waals surface area contributed by atoms with Crippen LogP contribution in [0.5, 0.6) is 0 Å². The number of nitrogens with zero attached hydrogens (tertiary/aromatic N) is 4. The van der Waals surface area contributed by atoms with Gasteiger partial charge < -0.3 is 12.4 Å². The number of benzene rings is 1. The molecule has 0 radical (unpaired) electrons. The minimum Gasteiger partial charge on any atom is -1.00 e. The number of aromatic nitrogens is 2. The van der Waals surface area contributed by atoms with Gasteiger partial charge >= 0.3 is 5.57 Å². The molecule has 2 aromatic rings. The molecule has 1 heterocycles. The third-order valence-electron chi connectivity index (χ3n) is 4.57. The van der Waals surface area contributed by atoms with Gasteiger partial charge in [0.15, 0.2) is 0 Å². The maximum Gasteiger partial charge on any atom is 0.313 e. The first-order valence-corrected chi connectivity index (χ1v) is 10.5. The van der Waals surface area contributed by atoms with Gasteiger partial charge in [0.25, 0.3) is 7.71 Å². The van der Waals surface area contributed by atoms with Gasteiger partial charge in [0.1, 0.15) is 0 Å². The highest BCUT2D eigenvalue weighted by Gasteiger charge is 2.52. The van der Waals surface area contributed by atoms with E-state index >= 15 is 0 Å². The van der Waals surface area contributed by atoms with Crippen molar-refractivity contribution in [1.82, 2.24) is 18.9 Å². The molecule has 0 amide bonds. The summed E-state index contributed by atoms with van der Waals surface area (Å²) < 4.78 is 7.13. The van der Waals surface area contributed by atoms with E-state index in [1.165, 1.54) is 5.52 Å². The number of para-hydroxylation sites is 2. The van der Waals surface area contributed by atoms with Crippen LogP contribution in [0.15, 0.2) is 24.3 Å². The Hall–Kier alpha value is -0.710. The van der Waals surface area contributed by atoms with Crippen molar-refractivity contribution in [2.24, 2.45) is 5.50 Å². The fourth-order valence-electron chi connectivity index (χ4n) is 3.37. The Bertz CT molecular complexity index is 625. The molecule has 5 nitrogen and oxygen atoms in total. The Morgan fingerprint density at radius 2 is 1.46 bits per heavy atom. The second kappa shape index (κ2) is 9.12. The smallest absolute Gasteiger partial charge is 0.313 e. The van der Waals surface area contributed by atoms with E-state index in [1.54, 1.807) is 0 Å². The van der Waals surface area contributed by atoms with E-state index in [1.807, 2.05) is 6.07 Å². The van der Waals surface area contributed by atoms with E-state index in [2.05, 4.69) is 66.7 Å². The Labute approximate surface area is 153 Å². The molecule has 1 aromatic heterocycles. The van der Waals surface area contributed by atoms with Gasteiger partial charge in [0.05, 0.1) is 11.0 Å². The fourth-order valence-corrected chi connectivity index (χ4v) is 6.82. The van der Waals surface area contributed by atoms with Crippen molar-refractivity contribution in [3.05, 3.63) is 24.3 Å². The van der Waals surface area contributed by atoms with Crippen molar-refractivity contribution in [2.45, 2.75) is 41.2 Å². The lowest BCUT2D eigenvalue weighted by atomic mass is 10.3. The van der Waals surface area contributed by atoms with E-state index in [4.69, 9.17) is 10.5 Å². The quantitative estimate of drug-likeness (QED) is 0.668. The first-order valence-electron chi connectivity index (χ1n) is 8.72. The predicted molar refractivity (Wildman–Crippen MR) is 102 cm³/mol. The van der Waals surface area contributed by atoms with Crippen LogP contribution in [0.2, 0.25) is 0 Å². The van der Waals surface area contributed by atoms with Gasteiger partial charge in [-0.1, -0.05) is 12.1 Å². The number of rotatable bonds is 8. The Morgan fingerprint density at radius 1 is 0.958 bits per heavy atom. The topological polar surface area (TPSA) is 50.3 Å². The minimum atomic E-state index is -2.15. The number of aryl methyl sites for hydroxylation is 1. The molecule has 2 N–H and O–H groups in total. The molecule has 0 saturated carbocycles. The summed E-state index contributed by atoms with van der Waals surface area (Å²) in [5, 5.41) is 0. The molecule has 0 spiro atoms. The number of fused-ring (bicyclic) bond motifs is 1. The summed E-state index contributed by atoms with van der Waals surface area (Å²) in [4.78, 5) is 4.99. The first-order chi connectivity index (χ1) is 11.1. The van der Waals surface area contributed by atoms with Crippen LogP contribution in [0.25, 0.3) is 11.0 Å². The van der Waals surface area contributed by atoms with E-state index in [9.17, 15) is 0 Å². The molecule has 0 saturated heterocycles. The highest BCUT2D eigenvalue weighted by molar-refractivity contribution is 7.76. The van der Waals surface area contributed by atoms with Crippen LogP contribution in [0, 0.1) is 0 Å². The molecule has 7 heteroatoms. The highest BCUT2D eigenvalue weighted by atomic mass is 35.5. The lowest BCUT2D eigenvalue weighted by Crippen LogP contribution is -3.00. The molecule has 0 aliphatic carbocycles. The average Bonchev–Trinajstić information content (AvgIpc) is 2.96. The SMILES string of the molecule is CCN(CC)[P+](N)(c1nc2ccccc2n1CC)N(CC)CC.[Cl-]. The Morgan fingerprint density at radius 3 is 1.92 bits per heavy atom. The van der Waals surface area contributed by atoms with E-state index in [0.717, 1.165) is 43.8 Å². The molecule has 0 fully saturated rings. The van der Waals surface area contributed by atoms with Crippen molar-refractivity contribution >= 4 is 24.3 Å². The van der Waals surface area contributed by atoms with E-state index in [0.29, 0.717) is 0 Å². The zero-order valence-corrected chi connectivity index (χ0v) is 17.2. The summed E-state index contributed by atoms with van der Waals surface area (Å²) in [5.74, 6) is 0. The van der Waals surface area contributed by atoms with Gasteiger partial charge in [0.2, 0.25) is 0 Å². The molecule has 0 aliphatic heterocycles. The van der Waals surface area contributed by atoms with Crippen LogP contribution >= 0.6 is 7.71 Å². The molecular formula is C17H31ClN5P. The molecule has 1 aromatic carbocycles. The van der Waals surface area contributed by atoms with Gasteiger partial charge in [-0.15, -0.1) is 9.34 Å². The Kier molecular flexibility index (Phi) is 8.10. The molecule has 136 valence electrons. The van der Waals surface area contributed by atoms with E-state index < -0.39 is 7.71 Å². The van der Waals surface area contributed by atoms with Crippen LogP contribution < -0.4 is 23.5 Å². The number of hydrogen-bond acceptors (Lipinski definition) is 4. The fraction of sp³-hybridized carbons (Fsp3) is 0.588. The summed E-state index contributed by atoms with van der Waals surface area (Å²) in [7, 11) is -2.15. The van der Waals surface area contributed by atoms with Crippen molar-refractivity contribution in [2.75, 3.05) is 26.2 Å². The standard InChI is InChI=1S/C17H31N5P.ClH/c1-6-20(7-2)23(18,21(8-3)9-4)17-19-15-13-11-12-14-16(15)22(17)10-5;/h11-14H,6-10,18H2,1-5H3;1H/q+1;/p-1. The van der Waals surface area contributed by atoms with Crippen molar-refractivity contribution in [3.8, 4) is 0 Å². The largest absolute Gasteiger partial charge is 1.00 e. The molecule has 2 rings (SSSR count). The average molecular weight is 372 g/mol. The predicted octanol–water partition coefficient (Wildman–Crippen LogP) is 0.0904. The number of hydrogen-bond donors (Lipinski definition) is 1. The van der Waals surface area contributed by atoms with E-state index in [-0.39, 0.29) is 12.4 Å². The monoisotopic (exact) mass is 371 g/mol. The second-order valence-corrected chi connectivity index (χ2v) is 8.40. The van der Waals surface area contributed by atoms with Crippen LogP contribution in [0.4, 0.5) is 0 Å². The molecule has 0 bridgehead atoms. The van der Waals surface area contributed by atoms with Gasteiger partial charge in [-0.05, 0) is 46.8 Å². The first kappa shape index (κ1) is 21.3. The van der Waals surface area contributed by atoms with Crippen molar-refractivity contribution in [1.29, 1.82) is 0 Å². The third kappa shape index (κ3) is 3.47. The van der Waals surface area contributed by atoms with Crippen LogP contribution in [0.3, 0.4) is 0 Å². The maximum absolute atomic E-state index is 7.17. The van der Waals surface area contributed by atoms with Gasteiger partial charge in [-0.2, -0.15) is 10.5 Å². The summed E-state index contributed by atoms with van der Waals surface area (Å²) >= 11 is 0. The number of nitrogens with two attached hydrogens (primary N) is 1. The zero-order chi connectivity index (χ0) is 17.0. The van der Waals surface area contributed by atoms with Crippen LogP contribution in [-0.4, -0.2) is 45.1 Å². The van der Waals surface area contributed by atoms with Gasteiger partial charge in [-0.3, -0.25) is 4.57 Å². The summed E-state index contributed by atoms with van der Waals surface area (Å²) in [6.45, 7) is 15.6.